The van der Waals surface area contributed by atoms with Crippen molar-refractivity contribution in [3.05, 3.63) is 182 Å². The van der Waals surface area contributed by atoms with Gasteiger partial charge >= 0.3 is 0 Å². The van der Waals surface area contributed by atoms with Crippen LogP contribution in [0.5, 0.6) is 0 Å². The molecule has 0 amide bonds. The Morgan fingerprint density at radius 1 is 0.302 bits per heavy atom. The lowest BCUT2D eigenvalue weighted by atomic mass is 9.88. The topological polar surface area (TPSA) is 43.6 Å². The molecule has 0 aliphatic heterocycles. The summed E-state index contributed by atoms with van der Waals surface area (Å²) in [6.45, 7) is 0. The van der Waals surface area contributed by atoms with Crippen LogP contribution in [-0.4, -0.2) is 19.5 Å². The van der Waals surface area contributed by atoms with E-state index in [0.717, 1.165) is 33.4 Å². The van der Waals surface area contributed by atoms with E-state index in [9.17, 15) is 0 Å². The van der Waals surface area contributed by atoms with E-state index in [1.54, 1.807) is 0 Å². The van der Waals surface area contributed by atoms with Crippen LogP contribution in [0.25, 0.3) is 106 Å². The maximum atomic E-state index is 5.17. The Morgan fingerprint density at radius 3 is 1.53 bits per heavy atom. The Hall–Kier alpha value is -7.17. The monoisotopic (exact) mass is 674 g/mol. The minimum atomic E-state index is 0.628. The number of benzene rings is 8. The molecule has 0 saturated heterocycles. The molecule has 0 atom stereocenters. The molecule has 2 heterocycles. The number of hydrogen-bond acceptors (Lipinski definition) is 3. The second kappa shape index (κ2) is 11.7. The first kappa shape index (κ1) is 29.5. The second-order valence-corrected chi connectivity index (χ2v) is 13.5. The van der Waals surface area contributed by atoms with Gasteiger partial charge in [-0.3, -0.25) is 0 Å². The average Bonchev–Trinajstić information content (AvgIpc) is 3.51. The lowest BCUT2D eigenvalue weighted by Gasteiger charge is -2.18. The van der Waals surface area contributed by atoms with Crippen LogP contribution in [0.1, 0.15) is 0 Å². The van der Waals surface area contributed by atoms with Crippen LogP contribution >= 0.6 is 0 Å². The molecule has 4 nitrogen and oxygen atoms in total. The van der Waals surface area contributed by atoms with E-state index in [1.165, 1.54) is 54.9 Å². The van der Waals surface area contributed by atoms with Gasteiger partial charge in [0.25, 0.3) is 0 Å². The summed E-state index contributed by atoms with van der Waals surface area (Å²) in [5.41, 5.74) is 13.6. The molecule has 0 saturated carbocycles. The van der Waals surface area contributed by atoms with Crippen molar-refractivity contribution in [1.82, 2.24) is 19.5 Å². The first-order chi connectivity index (χ1) is 26.3. The van der Waals surface area contributed by atoms with Crippen LogP contribution < -0.4 is 0 Å². The Labute approximate surface area is 306 Å². The third kappa shape index (κ3) is 4.52. The molecule has 0 fully saturated rings. The lowest BCUT2D eigenvalue weighted by Crippen LogP contribution is -2.03. The highest BCUT2D eigenvalue weighted by Gasteiger charge is 2.28. The summed E-state index contributed by atoms with van der Waals surface area (Å²) < 4.78 is 2.43. The zero-order valence-corrected chi connectivity index (χ0v) is 28.6. The van der Waals surface area contributed by atoms with Gasteiger partial charge in [-0.2, -0.15) is 0 Å². The molecular formula is C49H30N4. The van der Waals surface area contributed by atoms with Crippen LogP contribution in [0.3, 0.4) is 0 Å². The highest BCUT2D eigenvalue weighted by molar-refractivity contribution is 6.31. The molecule has 11 rings (SSSR count). The minimum Gasteiger partial charge on any atom is -0.308 e. The summed E-state index contributed by atoms with van der Waals surface area (Å²) in [5, 5.41) is 5.02. The molecule has 0 bridgehead atoms. The van der Waals surface area contributed by atoms with Crippen LogP contribution in [0.15, 0.2) is 182 Å². The first-order valence-electron chi connectivity index (χ1n) is 18.0. The zero-order chi connectivity index (χ0) is 34.9. The SMILES string of the molecule is c1ccc(-c2nc(-c3ccccc3)nc(-c3ccccc3-n3c4ccc(-c5ccccc5)c5c4c4c6c(cccc6ccc43)-c3ccccc3-5)n2)cc1. The van der Waals surface area contributed by atoms with Gasteiger partial charge in [0.15, 0.2) is 17.5 Å². The van der Waals surface area contributed by atoms with Gasteiger partial charge in [-0.25, -0.2) is 15.0 Å². The third-order valence-electron chi connectivity index (χ3n) is 10.6. The molecule has 2 aromatic heterocycles. The Morgan fingerprint density at radius 2 is 0.830 bits per heavy atom. The summed E-state index contributed by atoms with van der Waals surface area (Å²) in [6.07, 6.45) is 0. The van der Waals surface area contributed by atoms with Gasteiger partial charge in [0, 0.05) is 33.0 Å². The maximum Gasteiger partial charge on any atom is 0.166 e. The van der Waals surface area contributed by atoms with Crippen molar-refractivity contribution in [2.45, 2.75) is 0 Å². The van der Waals surface area contributed by atoms with Crippen molar-refractivity contribution in [1.29, 1.82) is 0 Å². The molecule has 0 unspecified atom stereocenters. The molecule has 53 heavy (non-hydrogen) atoms. The largest absolute Gasteiger partial charge is 0.308 e. The molecule has 0 spiro atoms. The smallest absolute Gasteiger partial charge is 0.166 e. The van der Waals surface area contributed by atoms with E-state index in [2.05, 4.69) is 150 Å². The minimum absolute atomic E-state index is 0.628. The van der Waals surface area contributed by atoms with E-state index in [4.69, 9.17) is 15.0 Å². The molecule has 246 valence electrons. The summed E-state index contributed by atoms with van der Waals surface area (Å²) in [5.74, 6) is 1.91. The van der Waals surface area contributed by atoms with E-state index < -0.39 is 0 Å². The van der Waals surface area contributed by atoms with Gasteiger partial charge in [-0.15, -0.1) is 0 Å². The van der Waals surface area contributed by atoms with Crippen molar-refractivity contribution < 1.29 is 0 Å². The predicted molar refractivity (Wildman–Crippen MR) is 218 cm³/mol. The lowest BCUT2D eigenvalue weighted by molar-refractivity contribution is 1.06. The average molecular weight is 675 g/mol. The quantitative estimate of drug-likeness (QED) is 0.182. The van der Waals surface area contributed by atoms with Crippen LogP contribution in [0.4, 0.5) is 0 Å². The van der Waals surface area contributed by atoms with Crippen molar-refractivity contribution in [2.75, 3.05) is 0 Å². The van der Waals surface area contributed by atoms with Crippen molar-refractivity contribution >= 4 is 32.6 Å². The molecular weight excluding hydrogens is 645 g/mol. The normalized spacial score (nSPS) is 11.8. The first-order valence-corrected chi connectivity index (χ1v) is 18.0. The Bertz CT molecular complexity index is 2980. The van der Waals surface area contributed by atoms with E-state index in [-0.39, 0.29) is 0 Å². The maximum absolute atomic E-state index is 5.17. The number of aromatic nitrogens is 4. The highest BCUT2D eigenvalue weighted by atomic mass is 15.1. The molecule has 4 heteroatoms. The molecule has 10 aromatic rings. The Kier molecular flexibility index (Phi) is 6.52. The second-order valence-electron chi connectivity index (χ2n) is 13.5. The Balaban J connectivity index is 1.26. The van der Waals surface area contributed by atoms with Crippen molar-refractivity contribution in [2.24, 2.45) is 0 Å². The number of rotatable bonds is 5. The molecule has 0 N–H and O–H groups in total. The van der Waals surface area contributed by atoms with Gasteiger partial charge in [-0.05, 0) is 62.9 Å². The summed E-state index contributed by atoms with van der Waals surface area (Å²) in [7, 11) is 0. The number of fused-ring (bicyclic) bond motifs is 3. The number of hydrogen-bond donors (Lipinski definition) is 0. The summed E-state index contributed by atoms with van der Waals surface area (Å²) in [6, 6.07) is 64.4. The van der Waals surface area contributed by atoms with E-state index in [1.807, 2.05) is 36.4 Å². The van der Waals surface area contributed by atoms with E-state index >= 15 is 0 Å². The van der Waals surface area contributed by atoms with Gasteiger partial charge in [0.05, 0.1) is 16.7 Å². The van der Waals surface area contributed by atoms with Crippen LogP contribution in [-0.2, 0) is 0 Å². The fourth-order valence-corrected chi connectivity index (χ4v) is 8.31. The fourth-order valence-electron chi connectivity index (χ4n) is 8.31. The molecule has 0 radical (unpaired) electrons. The van der Waals surface area contributed by atoms with Crippen LogP contribution in [0, 0.1) is 0 Å². The van der Waals surface area contributed by atoms with Gasteiger partial charge < -0.3 is 4.57 Å². The van der Waals surface area contributed by atoms with Gasteiger partial charge in [-0.1, -0.05) is 158 Å². The number of nitrogens with zero attached hydrogens (tertiary/aromatic N) is 4. The van der Waals surface area contributed by atoms with Gasteiger partial charge in [0.2, 0.25) is 0 Å². The summed E-state index contributed by atoms with van der Waals surface area (Å²) >= 11 is 0. The van der Waals surface area contributed by atoms with Crippen molar-refractivity contribution in [3.8, 4) is 73.2 Å². The fraction of sp³-hybridized carbons (Fsp3) is 0. The molecule has 1 aliphatic rings. The van der Waals surface area contributed by atoms with Crippen molar-refractivity contribution in [3.63, 3.8) is 0 Å². The molecule has 8 aromatic carbocycles. The number of para-hydroxylation sites is 1. The zero-order valence-electron chi connectivity index (χ0n) is 28.6. The summed E-state index contributed by atoms with van der Waals surface area (Å²) in [4.78, 5) is 15.3. The predicted octanol–water partition coefficient (Wildman–Crippen LogP) is 12.4. The van der Waals surface area contributed by atoms with E-state index in [0.29, 0.717) is 17.5 Å². The highest BCUT2D eigenvalue weighted by Crippen LogP contribution is 2.52. The molecule has 1 aliphatic carbocycles. The standard InChI is InChI=1S/C49H30N4/c1-4-15-31(16-5-1)35-28-30-42-46-44(35)38-23-11-10-22-36(38)37-25-14-21-32-27-29-41(45(46)43(32)37)53(42)40-26-13-12-24-39(40)49-51-47(33-17-6-2-7-18-33)50-48(52-49)34-19-8-3-9-20-34/h1-30H. The third-order valence-corrected chi connectivity index (χ3v) is 10.6. The van der Waals surface area contributed by atoms with Crippen LogP contribution in [0.2, 0.25) is 0 Å². The van der Waals surface area contributed by atoms with Gasteiger partial charge in [0.1, 0.15) is 0 Å².